The van der Waals surface area contributed by atoms with Crippen molar-refractivity contribution in [3.8, 4) is 0 Å². The van der Waals surface area contributed by atoms with Gasteiger partial charge in [0.15, 0.2) is 0 Å². The first kappa shape index (κ1) is 12.2. The van der Waals surface area contributed by atoms with Gasteiger partial charge in [-0.25, -0.2) is 0 Å². The van der Waals surface area contributed by atoms with Gasteiger partial charge in [0, 0.05) is 30.4 Å². The highest BCUT2D eigenvalue weighted by Crippen LogP contribution is 2.32. The monoisotopic (exact) mass is 260 g/mol. The van der Waals surface area contributed by atoms with Crippen molar-refractivity contribution < 1.29 is 14.3 Å². The van der Waals surface area contributed by atoms with E-state index in [1.165, 1.54) is 0 Å². The van der Waals surface area contributed by atoms with Gasteiger partial charge in [0.1, 0.15) is 0 Å². The Labute approximate surface area is 111 Å². The van der Waals surface area contributed by atoms with Gasteiger partial charge in [0.25, 0.3) is 5.91 Å². The second-order valence-electron chi connectivity index (χ2n) is 5.50. The third-order valence-corrected chi connectivity index (χ3v) is 3.79. The number of nitrogens with one attached hydrogen (secondary N) is 1. The summed E-state index contributed by atoms with van der Waals surface area (Å²) in [5.74, 6) is -0.0431. The molecule has 1 aromatic rings. The predicted molar refractivity (Wildman–Crippen MR) is 69.8 cm³/mol. The van der Waals surface area contributed by atoms with Crippen LogP contribution in [0.3, 0.4) is 0 Å². The minimum atomic E-state index is -0.447. The zero-order valence-electron chi connectivity index (χ0n) is 11.0. The maximum atomic E-state index is 12.2. The summed E-state index contributed by atoms with van der Waals surface area (Å²) in [5.41, 5.74) is 1.85. The van der Waals surface area contributed by atoms with Crippen molar-refractivity contribution in [3.05, 3.63) is 29.3 Å². The Bertz CT molecular complexity index is 564. The zero-order valence-corrected chi connectivity index (χ0v) is 11.0. The molecule has 0 spiro atoms. The molecular weight excluding hydrogens is 244 g/mol. The van der Waals surface area contributed by atoms with Gasteiger partial charge < -0.3 is 15.0 Å². The van der Waals surface area contributed by atoms with Crippen molar-refractivity contribution in [3.63, 3.8) is 0 Å². The Kier molecular flexibility index (Phi) is 2.60. The van der Waals surface area contributed by atoms with Crippen molar-refractivity contribution in [2.24, 2.45) is 5.41 Å². The molecule has 2 amide bonds. The first-order chi connectivity index (χ1) is 9.01. The first-order valence-electron chi connectivity index (χ1n) is 6.28. The van der Waals surface area contributed by atoms with Crippen molar-refractivity contribution in [1.82, 2.24) is 4.90 Å². The Morgan fingerprint density at radius 2 is 2.16 bits per heavy atom. The molecule has 1 saturated heterocycles. The summed E-state index contributed by atoms with van der Waals surface area (Å²) in [6.07, 6.45) is 0. The summed E-state index contributed by atoms with van der Waals surface area (Å²) in [4.78, 5) is 25.7. The number of hydrogen-bond donors (Lipinski definition) is 1. The van der Waals surface area contributed by atoms with E-state index in [0.29, 0.717) is 25.3 Å². The molecule has 1 aromatic carbocycles. The van der Waals surface area contributed by atoms with Gasteiger partial charge in [0.05, 0.1) is 18.6 Å². The third kappa shape index (κ3) is 1.81. The Balaban J connectivity index is 1.87. The largest absolute Gasteiger partial charge is 0.379 e. The van der Waals surface area contributed by atoms with Crippen LogP contribution in [-0.4, -0.2) is 37.0 Å². The van der Waals surface area contributed by atoms with Gasteiger partial charge in [-0.3, -0.25) is 9.59 Å². The van der Waals surface area contributed by atoms with Crippen molar-refractivity contribution in [2.45, 2.75) is 13.5 Å². The molecular formula is C14H16N2O3. The summed E-state index contributed by atoms with van der Waals surface area (Å²) in [6, 6.07) is 5.43. The van der Waals surface area contributed by atoms with Crippen LogP contribution >= 0.6 is 0 Å². The molecule has 0 bridgehead atoms. The second kappa shape index (κ2) is 4.06. The Morgan fingerprint density at radius 1 is 1.42 bits per heavy atom. The predicted octanol–water partition coefficient (Wildman–Crippen LogP) is 1.25. The van der Waals surface area contributed by atoms with Crippen molar-refractivity contribution >= 4 is 17.5 Å². The summed E-state index contributed by atoms with van der Waals surface area (Å²) in [6.45, 7) is 3.32. The number of benzene rings is 1. The maximum Gasteiger partial charge on any atom is 0.254 e. The lowest BCUT2D eigenvalue weighted by atomic mass is 9.87. The lowest BCUT2D eigenvalue weighted by molar-refractivity contribution is -0.151. The number of hydrogen-bond acceptors (Lipinski definition) is 3. The molecule has 0 aliphatic carbocycles. The van der Waals surface area contributed by atoms with Crippen LogP contribution in [0.15, 0.2) is 18.2 Å². The van der Waals surface area contributed by atoms with Gasteiger partial charge in [-0.15, -0.1) is 0 Å². The van der Waals surface area contributed by atoms with E-state index in [9.17, 15) is 9.59 Å². The number of rotatable bonds is 2. The van der Waals surface area contributed by atoms with Crippen LogP contribution in [0.1, 0.15) is 22.8 Å². The van der Waals surface area contributed by atoms with E-state index in [4.69, 9.17) is 4.74 Å². The summed E-state index contributed by atoms with van der Waals surface area (Å²) < 4.78 is 5.10. The first-order valence-corrected chi connectivity index (χ1v) is 6.28. The summed E-state index contributed by atoms with van der Waals surface area (Å²) in [5, 5.41) is 2.93. The van der Waals surface area contributed by atoms with E-state index < -0.39 is 5.41 Å². The fraction of sp³-hybridized carbons (Fsp3) is 0.429. The summed E-state index contributed by atoms with van der Waals surface area (Å²) in [7, 11) is 1.76. The molecule has 0 saturated carbocycles. The molecule has 19 heavy (non-hydrogen) atoms. The number of nitrogens with zero attached hydrogens (tertiary/aromatic N) is 1. The van der Waals surface area contributed by atoms with E-state index >= 15 is 0 Å². The molecule has 5 heteroatoms. The number of fused-ring (bicyclic) bond motifs is 1. The van der Waals surface area contributed by atoms with E-state index in [1.807, 2.05) is 13.0 Å². The van der Waals surface area contributed by atoms with Gasteiger partial charge >= 0.3 is 0 Å². The Hall–Kier alpha value is -1.88. The zero-order chi connectivity index (χ0) is 13.6. The number of carbonyl (C=O) groups excluding carboxylic acids is 2. The third-order valence-electron chi connectivity index (χ3n) is 3.79. The van der Waals surface area contributed by atoms with Crippen LogP contribution in [0.4, 0.5) is 5.69 Å². The average Bonchev–Trinajstić information content (AvgIpc) is 2.64. The smallest absolute Gasteiger partial charge is 0.254 e. The van der Waals surface area contributed by atoms with Crippen LogP contribution in [0.25, 0.3) is 0 Å². The molecule has 1 fully saturated rings. The molecule has 0 unspecified atom stereocenters. The average molecular weight is 260 g/mol. The van der Waals surface area contributed by atoms with Crippen LogP contribution in [0.2, 0.25) is 0 Å². The molecule has 3 rings (SSSR count). The lowest BCUT2D eigenvalue weighted by Gasteiger charge is -2.36. The van der Waals surface area contributed by atoms with Crippen LogP contribution in [-0.2, 0) is 16.1 Å². The number of carbonyl (C=O) groups is 2. The number of ether oxygens (including phenoxy) is 1. The van der Waals surface area contributed by atoms with E-state index in [2.05, 4.69) is 5.32 Å². The van der Waals surface area contributed by atoms with Crippen LogP contribution in [0, 0.1) is 5.41 Å². The highest BCUT2D eigenvalue weighted by atomic mass is 16.5. The lowest BCUT2D eigenvalue weighted by Crippen LogP contribution is -2.49. The molecule has 2 aliphatic rings. The number of anilines is 1. The highest BCUT2D eigenvalue weighted by Gasteiger charge is 2.41. The van der Waals surface area contributed by atoms with Gasteiger partial charge in [0.2, 0.25) is 5.91 Å². The van der Waals surface area contributed by atoms with E-state index in [1.54, 1.807) is 24.1 Å². The minimum Gasteiger partial charge on any atom is -0.379 e. The van der Waals surface area contributed by atoms with Gasteiger partial charge in [-0.2, -0.15) is 0 Å². The molecule has 0 radical (unpaired) electrons. The molecule has 5 nitrogen and oxygen atoms in total. The standard InChI is InChI=1S/C14H16N2O3/c1-14(7-19-8-14)13(18)15-11-5-3-4-9-10(11)6-16(2)12(9)17/h3-5H,6-8H2,1-2H3,(H,15,18). The highest BCUT2D eigenvalue weighted by molar-refractivity contribution is 6.03. The number of amides is 2. The van der Waals surface area contributed by atoms with Crippen LogP contribution in [0.5, 0.6) is 0 Å². The molecule has 0 aromatic heterocycles. The van der Waals surface area contributed by atoms with Gasteiger partial charge in [-0.1, -0.05) is 6.07 Å². The second-order valence-corrected chi connectivity index (χ2v) is 5.50. The normalized spacial score (nSPS) is 19.9. The van der Waals surface area contributed by atoms with E-state index in [0.717, 1.165) is 11.3 Å². The molecule has 0 atom stereocenters. The quantitative estimate of drug-likeness (QED) is 0.870. The maximum absolute atomic E-state index is 12.2. The van der Waals surface area contributed by atoms with Crippen molar-refractivity contribution in [1.29, 1.82) is 0 Å². The Morgan fingerprint density at radius 3 is 2.79 bits per heavy atom. The fourth-order valence-electron chi connectivity index (χ4n) is 2.40. The van der Waals surface area contributed by atoms with Crippen LogP contribution < -0.4 is 5.32 Å². The van der Waals surface area contributed by atoms with E-state index in [-0.39, 0.29) is 11.8 Å². The molecule has 1 N–H and O–H groups in total. The molecule has 2 aliphatic heterocycles. The minimum absolute atomic E-state index is 0.00397. The molecule has 100 valence electrons. The van der Waals surface area contributed by atoms with Gasteiger partial charge in [-0.05, 0) is 19.1 Å². The summed E-state index contributed by atoms with van der Waals surface area (Å²) >= 11 is 0. The topological polar surface area (TPSA) is 58.6 Å². The SMILES string of the molecule is CN1Cc2c(NC(=O)C3(C)COC3)cccc2C1=O. The fourth-order valence-corrected chi connectivity index (χ4v) is 2.40. The van der Waals surface area contributed by atoms with Crippen molar-refractivity contribution in [2.75, 3.05) is 25.6 Å². The molecule has 2 heterocycles.